The van der Waals surface area contributed by atoms with Crippen molar-refractivity contribution in [2.24, 2.45) is 0 Å². The lowest BCUT2D eigenvalue weighted by atomic mass is 9.84. The average Bonchev–Trinajstić information content (AvgIpc) is 3.28. The lowest BCUT2D eigenvalue weighted by Crippen LogP contribution is -2.09. The van der Waals surface area contributed by atoms with Crippen LogP contribution in [0.15, 0.2) is 231 Å². The summed E-state index contributed by atoms with van der Waals surface area (Å²) < 4.78 is 0. The van der Waals surface area contributed by atoms with E-state index in [1.165, 1.54) is 71.3 Å². The molecule has 0 N–H and O–H groups in total. The summed E-state index contributed by atoms with van der Waals surface area (Å²) in [4.78, 5) is 2.31. The summed E-state index contributed by atoms with van der Waals surface area (Å²) in [6.45, 7) is 0. The predicted molar refractivity (Wildman–Crippen MR) is 238 cm³/mol. The first-order valence-corrected chi connectivity index (χ1v) is 19.4. The Kier molecular flexibility index (Phi) is 8.67. The molecule has 0 saturated carbocycles. The molecule has 0 aromatic heterocycles. The van der Waals surface area contributed by atoms with Gasteiger partial charge in [0.15, 0.2) is 0 Å². The van der Waals surface area contributed by atoms with E-state index in [2.05, 4.69) is 235 Å². The maximum atomic E-state index is 2.41. The van der Waals surface area contributed by atoms with E-state index in [0.717, 1.165) is 17.1 Å². The lowest BCUT2D eigenvalue weighted by molar-refractivity contribution is 0.978. The zero-order valence-corrected chi connectivity index (χ0v) is 31.0. The van der Waals surface area contributed by atoms with Gasteiger partial charge in [0.1, 0.15) is 0 Å². The zero-order chi connectivity index (χ0) is 37.3. The highest BCUT2D eigenvalue weighted by Crippen LogP contribution is 2.43. The molecule has 10 aromatic rings. The molecule has 264 valence electrons. The summed E-state index contributed by atoms with van der Waals surface area (Å²) in [6, 6.07) is 83.8. The molecule has 0 amide bonds. The molecule has 0 saturated heterocycles. The molecule has 0 unspecified atom stereocenters. The highest BCUT2D eigenvalue weighted by atomic mass is 15.1. The predicted octanol–water partition coefficient (Wildman–Crippen LogP) is 15.1. The highest BCUT2D eigenvalue weighted by Gasteiger charge is 2.19. The van der Waals surface area contributed by atoms with Gasteiger partial charge in [-0.2, -0.15) is 0 Å². The fourth-order valence-corrected chi connectivity index (χ4v) is 8.57. The minimum atomic E-state index is 0.160. The third-order valence-electron chi connectivity index (χ3n) is 11.1. The summed E-state index contributed by atoms with van der Waals surface area (Å²) >= 11 is 0. The van der Waals surface area contributed by atoms with Crippen LogP contribution in [0.25, 0.3) is 54.6 Å². The fraction of sp³-hybridized carbons (Fsp3) is 0.0182. The van der Waals surface area contributed by atoms with E-state index in [1.807, 2.05) is 0 Å². The molecule has 0 aliphatic heterocycles. The smallest absolute Gasteiger partial charge is 0.0462 e. The van der Waals surface area contributed by atoms with Crippen LogP contribution < -0.4 is 4.90 Å². The molecule has 10 aromatic carbocycles. The van der Waals surface area contributed by atoms with Gasteiger partial charge in [-0.25, -0.2) is 0 Å². The van der Waals surface area contributed by atoms with Gasteiger partial charge in [0.2, 0.25) is 0 Å². The maximum Gasteiger partial charge on any atom is 0.0462 e. The van der Waals surface area contributed by atoms with Crippen LogP contribution in [0.5, 0.6) is 0 Å². The first-order chi connectivity index (χ1) is 27.8. The Morgan fingerprint density at radius 2 is 0.625 bits per heavy atom. The number of anilines is 3. The largest absolute Gasteiger partial charge is 0.311 e. The van der Waals surface area contributed by atoms with Crippen LogP contribution in [0.4, 0.5) is 17.1 Å². The molecular formula is C55H39N. The van der Waals surface area contributed by atoms with Crippen molar-refractivity contribution >= 4 is 49.4 Å². The maximum absolute atomic E-state index is 2.41. The summed E-state index contributed by atoms with van der Waals surface area (Å²) in [5.41, 5.74) is 12.1. The number of benzene rings is 10. The van der Waals surface area contributed by atoms with Gasteiger partial charge >= 0.3 is 0 Å². The quantitative estimate of drug-likeness (QED) is 0.112. The SMILES string of the molecule is c1ccc(C(c2ccccc2)c2ccc(-c3cc4cc(-c5ccc(N(c6ccccc6)c6ccccc6)cc5)c5ccccc5c4c4ccccc34)cc2)cc1. The van der Waals surface area contributed by atoms with Crippen molar-refractivity contribution in [1.82, 2.24) is 0 Å². The van der Waals surface area contributed by atoms with Crippen molar-refractivity contribution in [3.8, 4) is 22.3 Å². The zero-order valence-electron chi connectivity index (χ0n) is 31.0. The van der Waals surface area contributed by atoms with Gasteiger partial charge < -0.3 is 4.90 Å². The van der Waals surface area contributed by atoms with Crippen LogP contribution in [0.1, 0.15) is 22.6 Å². The van der Waals surface area contributed by atoms with Gasteiger partial charge in [-0.15, -0.1) is 0 Å². The Hall–Kier alpha value is -7.22. The molecule has 0 bridgehead atoms. The first-order valence-electron chi connectivity index (χ1n) is 19.4. The van der Waals surface area contributed by atoms with E-state index >= 15 is 0 Å². The van der Waals surface area contributed by atoms with Crippen LogP contribution in [-0.4, -0.2) is 0 Å². The van der Waals surface area contributed by atoms with Crippen molar-refractivity contribution in [3.63, 3.8) is 0 Å². The third kappa shape index (κ3) is 6.10. The van der Waals surface area contributed by atoms with Crippen molar-refractivity contribution in [1.29, 1.82) is 0 Å². The monoisotopic (exact) mass is 713 g/mol. The summed E-state index contributed by atoms with van der Waals surface area (Å²) in [6.07, 6.45) is 0. The van der Waals surface area contributed by atoms with Gasteiger partial charge in [0.05, 0.1) is 0 Å². The van der Waals surface area contributed by atoms with Crippen molar-refractivity contribution < 1.29 is 0 Å². The van der Waals surface area contributed by atoms with Gasteiger partial charge in [0.25, 0.3) is 0 Å². The van der Waals surface area contributed by atoms with Crippen LogP contribution in [0, 0.1) is 0 Å². The Bertz CT molecular complexity index is 2640. The number of hydrogen-bond acceptors (Lipinski definition) is 1. The molecule has 1 heteroatoms. The van der Waals surface area contributed by atoms with E-state index in [9.17, 15) is 0 Å². The second-order valence-corrected chi connectivity index (χ2v) is 14.5. The standard InChI is InChI=1S/C55H39N/c1-5-17-41(18-6-1)54(42-19-7-2-8-20-42)43-31-29-39(30-32-43)52-37-44-38-53(49-26-14-16-28-51(49)55(44)50-27-15-13-25-48(50)52)40-33-35-47(36-34-40)56(45-21-9-3-10-22-45)46-23-11-4-12-24-46/h1-38,54H. The number of rotatable bonds is 8. The van der Waals surface area contributed by atoms with Gasteiger partial charge in [-0.05, 0) is 120 Å². The van der Waals surface area contributed by atoms with E-state index in [-0.39, 0.29) is 5.92 Å². The molecule has 56 heavy (non-hydrogen) atoms. The summed E-state index contributed by atoms with van der Waals surface area (Å²) in [5, 5.41) is 7.60. The fourth-order valence-electron chi connectivity index (χ4n) is 8.57. The van der Waals surface area contributed by atoms with Gasteiger partial charge in [-0.1, -0.05) is 182 Å². The molecule has 1 nitrogen and oxygen atoms in total. The molecule has 0 radical (unpaired) electrons. The second kappa shape index (κ2) is 14.5. The van der Waals surface area contributed by atoms with E-state index in [4.69, 9.17) is 0 Å². The van der Waals surface area contributed by atoms with Crippen molar-refractivity contribution in [2.75, 3.05) is 4.90 Å². The van der Waals surface area contributed by atoms with E-state index < -0.39 is 0 Å². The van der Waals surface area contributed by atoms with Crippen LogP contribution in [0.2, 0.25) is 0 Å². The normalized spacial score (nSPS) is 11.4. The molecule has 0 heterocycles. The topological polar surface area (TPSA) is 3.24 Å². The van der Waals surface area contributed by atoms with Crippen molar-refractivity contribution in [2.45, 2.75) is 5.92 Å². The molecule has 0 atom stereocenters. The Balaban J connectivity index is 1.10. The lowest BCUT2D eigenvalue weighted by Gasteiger charge is -2.25. The summed E-state index contributed by atoms with van der Waals surface area (Å²) in [5.74, 6) is 0.160. The highest BCUT2D eigenvalue weighted by molar-refractivity contribution is 6.25. The molecule has 10 rings (SSSR count). The Morgan fingerprint density at radius 3 is 1.07 bits per heavy atom. The molecular weight excluding hydrogens is 675 g/mol. The van der Waals surface area contributed by atoms with Crippen molar-refractivity contribution in [3.05, 3.63) is 247 Å². The molecule has 0 fully saturated rings. The number of nitrogens with zero attached hydrogens (tertiary/aromatic N) is 1. The van der Waals surface area contributed by atoms with E-state index in [0.29, 0.717) is 0 Å². The third-order valence-corrected chi connectivity index (χ3v) is 11.1. The Morgan fingerprint density at radius 1 is 0.286 bits per heavy atom. The summed E-state index contributed by atoms with van der Waals surface area (Å²) in [7, 11) is 0. The first kappa shape index (κ1) is 33.4. The second-order valence-electron chi connectivity index (χ2n) is 14.5. The Labute approximate surface area is 328 Å². The molecule has 0 aliphatic carbocycles. The number of fused-ring (bicyclic) bond motifs is 5. The number of para-hydroxylation sites is 2. The van der Waals surface area contributed by atoms with Crippen LogP contribution in [0.3, 0.4) is 0 Å². The van der Waals surface area contributed by atoms with Crippen LogP contribution in [-0.2, 0) is 0 Å². The molecule has 0 aliphatic rings. The van der Waals surface area contributed by atoms with Gasteiger partial charge in [0, 0.05) is 23.0 Å². The average molecular weight is 714 g/mol. The minimum absolute atomic E-state index is 0.160. The molecule has 0 spiro atoms. The minimum Gasteiger partial charge on any atom is -0.311 e. The van der Waals surface area contributed by atoms with Crippen LogP contribution >= 0.6 is 0 Å². The number of hydrogen-bond donors (Lipinski definition) is 0. The van der Waals surface area contributed by atoms with E-state index in [1.54, 1.807) is 0 Å². The van der Waals surface area contributed by atoms with Gasteiger partial charge in [-0.3, -0.25) is 0 Å².